The predicted molar refractivity (Wildman–Crippen MR) is 62.0 cm³/mol. The number of hydrogen-bond acceptors (Lipinski definition) is 5. The van der Waals surface area contributed by atoms with Gasteiger partial charge < -0.3 is 10.5 Å². The first-order chi connectivity index (χ1) is 8.13. The second-order valence-electron chi connectivity index (χ2n) is 3.53. The molecule has 6 nitrogen and oxygen atoms in total. The van der Waals surface area contributed by atoms with Gasteiger partial charge in [0.1, 0.15) is 24.0 Å². The van der Waals surface area contributed by atoms with Crippen LogP contribution in [0.1, 0.15) is 31.5 Å². The van der Waals surface area contributed by atoms with E-state index in [1.807, 2.05) is 13.0 Å². The maximum absolute atomic E-state index is 11.3. The molecule has 0 saturated carbocycles. The van der Waals surface area contributed by atoms with Crippen LogP contribution in [0.2, 0.25) is 0 Å². The summed E-state index contributed by atoms with van der Waals surface area (Å²) in [6.45, 7) is 3.97. The predicted octanol–water partition coefficient (Wildman–Crippen LogP) is 0.853. The summed E-state index contributed by atoms with van der Waals surface area (Å²) >= 11 is 0. The molecule has 0 radical (unpaired) electrons. The number of rotatable bonds is 5. The number of nitriles is 1. The van der Waals surface area contributed by atoms with E-state index in [-0.39, 0.29) is 12.4 Å². The van der Waals surface area contributed by atoms with Crippen LogP contribution in [0, 0.1) is 11.3 Å². The fraction of sp³-hybridized carbons (Fsp3) is 0.545. The Bertz CT molecular complexity index is 445. The van der Waals surface area contributed by atoms with Gasteiger partial charge in [-0.3, -0.25) is 4.79 Å². The second kappa shape index (κ2) is 5.89. The SMILES string of the molecule is CCCc1nn(CC(=O)OCC)c(N)c1C#N. The number of nitrogens with zero attached hydrogens (tertiary/aromatic N) is 3. The third-order valence-electron chi connectivity index (χ3n) is 2.25. The zero-order valence-electron chi connectivity index (χ0n) is 10.1. The first-order valence-corrected chi connectivity index (χ1v) is 5.54. The lowest BCUT2D eigenvalue weighted by molar-refractivity contribution is -0.144. The van der Waals surface area contributed by atoms with Crippen molar-refractivity contribution in [3.8, 4) is 6.07 Å². The molecular weight excluding hydrogens is 220 g/mol. The van der Waals surface area contributed by atoms with Gasteiger partial charge in [-0.2, -0.15) is 10.4 Å². The van der Waals surface area contributed by atoms with Gasteiger partial charge in [0.2, 0.25) is 0 Å². The van der Waals surface area contributed by atoms with Gasteiger partial charge in [0, 0.05) is 0 Å². The highest BCUT2D eigenvalue weighted by Crippen LogP contribution is 2.17. The van der Waals surface area contributed by atoms with Crippen molar-refractivity contribution in [2.75, 3.05) is 12.3 Å². The molecule has 0 aromatic carbocycles. The number of esters is 1. The molecule has 0 saturated heterocycles. The minimum Gasteiger partial charge on any atom is -0.465 e. The minimum atomic E-state index is -0.408. The van der Waals surface area contributed by atoms with Gasteiger partial charge in [-0.25, -0.2) is 4.68 Å². The van der Waals surface area contributed by atoms with E-state index in [0.29, 0.717) is 24.3 Å². The summed E-state index contributed by atoms with van der Waals surface area (Å²) in [6.07, 6.45) is 1.54. The van der Waals surface area contributed by atoms with Crippen molar-refractivity contribution >= 4 is 11.8 Å². The number of carbonyl (C=O) groups is 1. The number of aromatic nitrogens is 2. The molecule has 1 heterocycles. The number of carbonyl (C=O) groups excluding carboxylic acids is 1. The van der Waals surface area contributed by atoms with Crippen molar-refractivity contribution in [3.05, 3.63) is 11.3 Å². The Balaban J connectivity index is 2.94. The van der Waals surface area contributed by atoms with E-state index in [4.69, 9.17) is 15.7 Å². The number of nitrogen functional groups attached to an aromatic ring is 1. The molecule has 92 valence electrons. The molecule has 0 spiro atoms. The third-order valence-corrected chi connectivity index (χ3v) is 2.25. The topological polar surface area (TPSA) is 93.9 Å². The minimum absolute atomic E-state index is 0.0575. The van der Waals surface area contributed by atoms with Crippen LogP contribution >= 0.6 is 0 Å². The molecule has 0 amide bonds. The number of anilines is 1. The van der Waals surface area contributed by atoms with E-state index in [1.54, 1.807) is 6.92 Å². The average molecular weight is 236 g/mol. The first-order valence-electron chi connectivity index (χ1n) is 5.54. The lowest BCUT2D eigenvalue weighted by Gasteiger charge is -2.03. The van der Waals surface area contributed by atoms with Crippen molar-refractivity contribution < 1.29 is 9.53 Å². The lowest BCUT2D eigenvalue weighted by atomic mass is 10.2. The van der Waals surface area contributed by atoms with Gasteiger partial charge in [-0.05, 0) is 13.3 Å². The van der Waals surface area contributed by atoms with Crippen molar-refractivity contribution in [1.29, 1.82) is 5.26 Å². The fourth-order valence-corrected chi connectivity index (χ4v) is 1.51. The summed E-state index contributed by atoms with van der Waals surface area (Å²) in [6, 6.07) is 2.01. The smallest absolute Gasteiger partial charge is 0.327 e. The first kappa shape index (κ1) is 13.0. The lowest BCUT2D eigenvalue weighted by Crippen LogP contribution is -2.16. The van der Waals surface area contributed by atoms with E-state index in [2.05, 4.69) is 5.10 Å². The highest BCUT2D eigenvalue weighted by atomic mass is 16.5. The summed E-state index contributed by atoms with van der Waals surface area (Å²) in [5.41, 5.74) is 6.75. The number of nitrogens with two attached hydrogens (primary N) is 1. The van der Waals surface area contributed by atoms with Gasteiger partial charge in [-0.1, -0.05) is 13.3 Å². The van der Waals surface area contributed by atoms with E-state index in [9.17, 15) is 4.79 Å². The van der Waals surface area contributed by atoms with E-state index in [1.165, 1.54) is 4.68 Å². The maximum Gasteiger partial charge on any atom is 0.327 e. The van der Waals surface area contributed by atoms with Crippen molar-refractivity contribution in [1.82, 2.24) is 9.78 Å². The Kier molecular flexibility index (Phi) is 4.52. The molecule has 0 bridgehead atoms. The van der Waals surface area contributed by atoms with Gasteiger partial charge in [0.05, 0.1) is 12.3 Å². The van der Waals surface area contributed by atoms with Crippen LogP contribution in [0.25, 0.3) is 0 Å². The summed E-state index contributed by atoms with van der Waals surface area (Å²) < 4.78 is 6.13. The van der Waals surface area contributed by atoms with E-state index >= 15 is 0 Å². The molecule has 0 atom stereocenters. The molecule has 0 aliphatic heterocycles. The molecule has 0 fully saturated rings. The standard InChI is InChI=1S/C11H16N4O2/c1-3-5-9-8(6-12)11(13)15(14-9)7-10(16)17-4-2/h3-5,7,13H2,1-2H3. The normalized spacial score (nSPS) is 9.94. The monoisotopic (exact) mass is 236 g/mol. The van der Waals surface area contributed by atoms with Crippen molar-refractivity contribution in [2.24, 2.45) is 0 Å². The van der Waals surface area contributed by atoms with Gasteiger partial charge >= 0.3 is 5.97 Å². The van der Waals surface area contributed by atoms with Crippen LogP contribution in [-0.4, -0.2) is 22.4 Å². The molecular formula is C11H16N4O2. The van der Waals surface area contributed by atoms with Crippen LogP contribution < -0.4 is 5.73 Å². The van der Waals surface area contributed by atoms with Gasteiger partial charge in [0.25, 0.3) is 0 Å². The Labute approximate surface area is 100.0 Å². The molecule has 0 unspecified atom stereocenters. The molecule has 2 N–H and O–H groups in total. The van der Waals surface area contributed by atoms with Crippen molar-refractivity contribution in [3.63, 3.8) is 0 Å². The summed E-state index contributed by atoms with van der Waals surface area (Å²) in [4.78, 5) is 11.3. The number of hydrogen-bond donors (Lipinski definition) is 1. The van der Waals surface area contributed by atoms with Crippen molar-refractivity contribution in [2.45, 2.75) is 33.2 Å². The van der Waals surface area contributed by atoms with Crippen LogP contribution in [0.5, 0.6) is 0 Å². The van der Waals surface area contributed by atoms with E-state index in [0.717, 1.165) is 6.42 Å². The number of aryl methyl sites for hydroxylation is 1. The largest absolute Gasteiger partial charge is 0.465 e. The molecule has 1 aromatic rings. The fourth-order valence-electron chi connectivity index (χ4n) is 1.51. The average Bonchev–Trinajstić information content (AvgIpc) is 2.56. The molecule has 17 heavy (non-hydrogen) atoms. The third kappa shape index (κ3) is 2.97. The Morgan fingerprint density at radius 2 is 2.29 bits per heavy atom. The molecule has 0 aliphatic carbocycles. The summed E-state index contributed by atoms with van der Waals surface area (Å²) in [7, 11) is 0. The molecule has 6 heteroatoms. The Morgan fingerprint density at radius 1 is 1.59 bits per heavy atom. The Hall–Kier alpha value is -2.03. The zero-order chi connectivity index (χ0) is 12.8. The zero-order valence-corrected chi connectivity index (χ0v) is 10.1. The van der Waals surface area contributed by atoms with Crippen LogP contribution in [0.4, 0.5) is 5.82 Å². The molecule has 0 aliphatic rings. The highest BCUT2D eigenvalue weighted by molar-refractivity contribution is 5.70. The Morgan fingerprint density at radius 3 is 2.82 bits per heavy atom. The summed E-state index contributed by atoms with van der Waals surface area (Å²) in [5.74, 6) is -0.182. The highest BCUT2D eigenvalue weighted by Gasteiger charge is 2.16. The maximum atomic E-state index is 11.3. The van der Waals surface area contributed by atoms with Crippen LogP contribution in [0.3, 0.4) is 0 Å². The van der Waals surface area contributed by atoms with E-state index < -0.39 is 5.97 Å². The molecule has 1 aromatic heterocycles. The van der Waals surface area contributed by atoms with Gasteiger partial charge in [0.15, 0.2) is 0 Å². The molecule has 1 rings (SSSR count). The second-order valence-corrected chi connectivity index (χ2v) is 3.53. The quantitative estimate of drug-likeness (QED) is 0.765. The van der Waals surface area contributed by atoms with Gasteiger partial charge in [-0.15, -0.1) is 0 Å². The summed E-state index contributed by atoms with van der Waals surface area (Å²) in [5, 5.41) is 13.1. The number of ether oxygens (including phenoxy) is 1. The van der Waals surface area contributed by atoms with Crippen LogP contribution in [0.15, 0.2) is 0 Å². The van der Waals surface area contributed by atoms with Crippen LogP contribution in [-0.2, 0) is 22.5 Å².